The van der Waals surface area contributed by atoms with Gasteiger partial charge in [-0.2, -0.15) is 0 Å². The van der Waals surface area contributed by atoms with Crippen LogP contribution in [0.1, 0.15) is 17.2 Å². The Morgan fingerprint density at radius 2 is 2.06 bits per heavy atom. The summed E-state index contributed by atoms with van der Waals surface area (Å²) in [5, 5.41) is 36.6. The lowest BCUT2D eigenvalue weighted by atomic mass is 10.00. The third kappa shape index (κ3) is 3.43. The van der Waals surface area contributed by atoms with Crippen molar-refractivity contribution in [3.63, 3.8) is 0 Å². The number of ether oxygens (including phenoxy) is 1. The van der Waals surface area contributed by atoms with Crippen molar-refractivity contribution in [1.82, 2.24) is 0 Å². The van der Waals surface area contributed by atoms with Crippen molar-refractivity contribution in [2.75, 3.05) is 13.7 Å². The fraction of sp³-hybridized carbons (Fsp3) is 0.417. The second-order valence-corrected chi connectivity index (χ2v) is 3.84. The number of carboxylic acids is 1. The van der Waals surface area contributed by atoms with Crippen LogP contribution in [0.3, 0.4) is 0 Å². The molecule has 0 aromatic heterocycles. The molecule has 0 spiro atoms. The first-order valence-electron chi connectivity index (χ1n) is 5.35. The molecule has 18 heavy (non-hydrogen) atoms. The molecule has 0 aliphatic carbocycles. The molecule has 2 unspecified atom stereocenters. The Bertz CT molecular complexity index is 417. The van der Waals surface area contributed by atoms with Crippen LogP contribution in [0, 0.1) is 0 Å². The van der Waals surface area contributed by atoms with Crippen LogP contribution in [-0.2, 0) is 11.2 Å². The summed E-state index contributed by atoms with van der Waals surface area (Å²) in [6.07, 6.45) is -2.83. The molecule has 0 aliphatic rings. The number of aliphatic hydroxyl groups excluding tert-OH is 3. The van der Waals surface area contributed by atoms with E-state index in [1.165, 1.54) is 25.3 Å². The molecule has 0 aliphatic heterocycles. The summed E-state index contributed by atoms with van der Waals surface area (Å²) in [6, 6.07) is 4.46. The second-order valence-electron chi connectivity index (χ2n) is 3.84. The number of carbonyl (C=O) groups is 1. The lowest BCUT2D eigenvalue weighted by Crippen LogP contribution is -2.22. The van der Waals surface area contributed by atoms with Crippen LogP contribution in [0.25, 0.3) is 0 Å². The zero-order valence-corrected chi connectivity index (χ0v) is 9.91. The van der Waals surface area contributed by atoms with Gasteiger partial charge in [0.05, 0.1) is 20.1 Å². The molecule has 0 amide bonds. The van der Waals surface area contributed by atoms with Gasteiger partial charge in [0.15, 0.2) is 0 Å². The van der Waals surface area contributed by atoms with Crippen LogP contribution in [0.15, 0.2) is 18.2 Å². The number of aliphatic hydroxyl groups is 3. The van der Waals surface area contributed by atoms with Gasteiger partial charge in [-0.05, 0) is 17.7 Å². The van der Waals surface area contributed by atoms with Crippen molar-refractivity contribution in [3.8, 4) is 5.75 Å². The van der Waals surface area contributed by atoms with Crippen molar-refractivity contribution in [2.45, 2.75) is 18.6 Å². The fourth-order valence-electron chi connectivity index (χ4n) is 1.61. The summed E-state index contributed by atoms with van der Waals surface area (Å²) >= 11 is 0. The Hall–Kier alpha value is -1.63. The molecule has 1 aromatic carbocycles. The van der Waals surface area contributed by atoms with Crippen molar-refractivity contribution >= 4 is 5.97 Å². The highest BCUT2D eigenvalue weighted by Gasteiger charge is 2.19. The van der Waals surface area contributed by atoms with E-state index in [0.29, 0.717) is 16.9 Å². The maximum Gasteiger partial charge on any atom is 0.307 e. The van der Waals surface area contributed by atoms with Gasteiger partial charge in [0.25, 0.3) is 0 Å². The predicted molar refractivity (Wildman–Crippen MR) is 62.4 cm³/mol. The topological polar surface area (TPSA) is 107 Å². The van der Waals surface area contributed by atoms with Gasteiger partial charge in [0, 0.05) is 5.56 Å². The highest BCUT2D eigenvalue weighted by Crippen LogP contribution is 2.25. The smallest absolute Gasteiger partial charge is 0.307 e. The Morgan fingerprint density at radius 1 is 1.39 bits per heavy atom. The fourth-order valence-corrected chi connectivity index (χ4v) is 1.61. The van der Waals surface area contributed by atoms with E-state index in [0.717, 1.165) is 0 Å². The van der Waals surface area contributed by atoms with E-state index < -0.39 is 24.8 Å². The third-order valence-corrected chi connectivity index (χ3v) is 2.54. The van der Waals surface area contributed by atoms with E-state index in [4.69, 9.17) is 14.9 Å². The minimum Gasteiger partial charge on any atom is -0.496 e. The molecule has 6 heteroatoms. The molecular formula is C12H16O6. The Labute approximate surface area is 104 Å². The molecule has 4 N–H and O–H groups in total. The molecule has 1 rings (SSSR count). The average molecular weight is 256 g/mol. The molecule has 0 heterocycles. The van der Waals surface area contributed by atoms with Gasteiger partial charge in [-0.15, -0.1) is 0 Å². The quantitative estimate of drug-likeness (QED) is 0.557. The van der Waals surface area contributed by atoms with Gasteiger partial charge >= 0.3 is 5.97 Å². The molecule has 2 atom stereocenters. The van der Waals surface area contributed by atoms with E-state index in [2.05, 4.69) is 0 Å². The van der Waals surface area contributed by atoms with Crippen molar-refractivity contribution in [2.24, 2.45) is 0 Å². The Balaban J connectivity index is 3.05. The van der Waals surface area contributed by atoms with E-state index in [-0.39, 0.29) is 6.42 Å². The van der Waals surface area contributed by atoms with E-state index >= 15 is 0 Å². The maximum atomic E-state index is 10.7. The minimum atomic E-state index is -1.31. The zero-order chi connectivity index (χ0) is 13.7. The molecule has 0 fully saturated rings. The van der Waals surface area contributed by atoms with Gasteiger partial charge in [0.1, 0.15) is 18.0 Å². The molecule has 1 aromatic rings. The van der Waals surface area contributed by atoms with Crippen LogP contribution in [0.2, 0.25) is 0 Å². The monoisotopic (exact) mass is 256 g/mol. The first-order chi connectivity index (χ1) is 8.49. The third-order valence-electron chi connectivity index (χ3n) is 2.54. The predicted octanol–water partition coefficient (Wildman–Crippen LogP) is -0.291. The van der Waals surface area contributed by atoms with Crippen molar-refractivity contribution < 1.29 is 30.0 Å². The average Bonchev–Trinajstić information content (AvgIpc) is 2.36. The summed E-state index contributed by atoms with van der Waals surface area (Å²) in [6.45, 7) is -0.582. The Kier molecular flexibility index (Phi) is 5.08. The van der Waals surface area contributed by atoms with Gasteiger partial charge in [-0.3, -0.25) is 4.79 Å². The van der Waals surface area contributed by atoms with Crippen LogP contribution >= 0.6 is 0 Å². The first-order valence-corrected chi connectivity index (χ1v) is 5.35. The van der Waals surface area contributed by atoms with Gasteiger partial charge in [-0.25, -0.2) is 0 Å². The number of aliphatic carboxylic acids is 1. The molecule has 100 valence electrons. The second kappa shape index (κ2) is 6.34. The maximum absolute atomic E-state index is 10.7. The number of methoxy groups -OCH3 is 1. The summed E-state index contributed by atoms with van der Waals surface area (Å²) in [7, 11) is 1.42. The standard InChI is InChI=1S/C12H16O6/c1-18-10-3-2-7(12(17)9(14)6-13)4-8(10)5-11(15)16/h2-4,9,12-14,17H,5-6H2,1H3,(H,15,16). The summed E-state index contributed by atoms with van der Waals surface area (Å²) in [4.78, 5) is 10.7. The largest absolute Gasteiger partial charge is 0.496 e. The number of rotatable bonds is 6. The van der Waals surface area contributed by atoms with Crippen LogP contribution < -0.4 is 4.74 Å². The lowest BCUT2D eigenvalue weighted by Gasteiger charge is -2.17. The molecule has 0 radical (unpaired) electrons. The summed E-state index contributed by atoms with van der Waals surface area (Å²) in [5.74, 6) is -0.630. The SMILES string of the molecule is COc1ccc(C(O)C(O)CO)cc1CC(=O)O. The number of hydrogen-bond acceptors (Lipinski definition) is 5. The van der Waals surface area contributed by atoms with Crippen LogP contribution in [0.4, 0.5) is 0 Å². The molecule has 6 nitrogen and oxygen atoms in total. The van der Waals surface area contributed by atoms with Gasteiger partial charge in [-0.1, -0.05) is 6.07 Å². The van der Waals surface area contributed by atoms with Gasteiger partial charge < -0.3 is 25.2 Å². The molecular weight excluding hydrogens is 240 g/mol. The van der Waals surface area contributed by atoms with Gasteiger partial charge in [0.2, 0.25) is 0 Å². The van der Waals surface area contributed by atoms with Crippen molar-refractivity contribution in [3.05, 3.63) is 29.3 Å². The highest BCUT2D eigenvalue weighted by atomic mass is 16.5. The van der Waals surface area contributed by atoms with Crippen LogP contribution in [-0.4, -0.2) is 46.2 Å². The molecule has 0 bridgehead atoms. The minimum absolute atomic E-state index is 0.251. The highest BCUT2D eigenvalue weighted by molar-refractivity contribution is 5.71. The van der Waals surface area contributed by atoms with E-state index in [1.54, 1.807) is 0 Å². The molecule has 0 saturated heterocycles. The number of carboxylic acid groups (broad SMARTS) is 1. The van der Waals surface area contributed by atoms with E-state index in [1.807, 2.05) is 0 Å². The zero-order valence-electron chi connectivity index (χ0n) is 9.91. The summed E-state index contributed by atoms with van der Waals surface area (Å²) < 4.78 is 5.01. The van der Waals surface area contributed by atoms with E-state index in [9.17, 15) is 15.0 Å². The molecule has 0 saturated carbocycles. The summed E-state index contributed by atoms with van der Waals surface area (Å²) in [5.41, 5.74) is 0.722. The number of benzene rings is 1. The van der Waals surface area contributed by atoms with Crippen LogP contribution in [0.5, 0.6) is 5.75 Å². The number of hydrogen-bond donors (Lipinski definition) is 4. The first kappa shape index (κ1) is 14.4. The van der Waals surface area contributed by atoms with Crippen molar-refractivity contribution in [1.29, 1.82) is 0 Å². The lowest BCUT2D eigenvalue weighted by molar-refractivity contribution is -0.136. The Morgan fingerprint density at radius 3 is 2.56 bits per heavy atom. The normalized spacial score (nSPS) is 14.0.